The Hall–Kier alpha value is -3.54. The highest BCUT2D eigenvalue weighted by Gasteiger charge is 2.57. The van der Waals surface area contributed by atoms with Gasteiger partial charge in [0.1, 0.15) is 5.92 Å². The van der Waals surface area contributed by atoms with Gasteiger partial charge in [-0.15, -0.1) is 0 Å². The second-order valence-electron chi connectivity index (χ2n) is 7.61. The minimum atomic E-state index is -1.79. The predicted molar refractivity (Wildman–Crippen MR) is 113 cm³/mol. The second-order valence-corrected chi connectivity index (χ2v) is 7.61. The van der Waals surface area contributed by atoms with Gasteiger partial charge in [0.25, 0.3) is 0 Å². The lowest BCUT2D eigenvalue weighted by Crippen LogP contribution is -2.52. The third-order valence-corrected chi connectivity index (χ3v) is 6.36. The molecule has 1 unspecified atom stereocenters. The molecular weight excluding hydrogens is 394 g/mol. The molecule has 2 aliphatic rings. The highest BCUT2D eigenvalue weighted by atomic mass is 16.5. The molecule has 0 saturated heterocycles. The summed E-state index contributed by atoms with van der Waals surface area (Å²) < 4.78 is 16.4. The normalized spacial score (nSPS) is 24.6. The fourth-order valence-corrected chi connectivity index (χ4v) is 4.78. The number of ether oxygens (including phenoxy) is 3. The quantitative estimate of drug-likeness (QED) is 0.727. The molecule has 8 nitrogen and oxygen atoms in total. The minimum absolute atomic E-state index is 0.175. The Morgan fingerprint density at radius 2 is 1.71 bits per heavy atom. The van der Waals surface area contributed by atoms with Crippen LogP contribution in [0.4, 0.5) is 0 Å². The van der Waals surface area contributed by atoms with Crippen LogP contribution in [-0.2, 0) is 0 Å². The molecule has 31 heavy (non-hydrogen) atoms. The topological polar surface area (TPSA) is 126 Å². The molecule has 3 atom stereocenters. The lowest BCUT2D eigenvalue weighted by atomic mass is 9.54. The average Bonchev–Trinajstić information content (AvgIpc) is 2.82. The number of benzene rings is 1. The maximum Gasteiger partial charge on any atom is 0.203 e. The Morgan fingerprint density at radius 1 is 1.10 bits per heavy atom. The first-order chi connectivity index (χ1) is 15.0. The van der Waals surface area contributed by atoms with E-state index in [0.717, 1.165) is 12.1 Å². The largest absolute Gasteiger partial charge is 0.493 e. The van der Waals surface area contributed by atoms with Gasteiger partial charge in [-0.2, -0.15) is 15.8 Å². The second kappa shape index (κ2) is 8.68. The first kappa shape index (κ1) is 22.2. The van der Waals surface area contributed by atoms with Crippen LogP contribution in [0.25, 0.3) is 0 Å². The number of methoxy groups -OCH3 is 3. The molecule has 0 radical (unpaired) electrons. The zero-order valence-electron chi connectivity index (χ0n) is 18.1. The molecule has 1 N–H and O–H groups in total. The summed E-state index contributed by atoms with van der Waals surface area (Å²) in [7, 11) is 4.51. The Balaban J connectivity index is 2.32. The van der Waals surface area contributed by atoms with Gasteiger partial charge in [0.2, 0.25) is 5.75 Å². The molecule has 160 valence electrons. The van der Waals surface area contributed by atoms with E-state index in [9.17, 15) is 15.8 Å². The summed E-state index contributed by atoms with van der Waals surface area (Å²) in [6, 6.07) is 9.84. The summed E-state index contributed by atoms with van der Waals surface area (Å²) in [5, 5.41) is 38.9. The summed E-state index contributed by atoms with van der Waals surface area (Å²) in [6.45, 7) is 4.09. The van der Waals surface area contributed by atoms with E-state index in [1.807, 2.05) is 13.0 Å². The molecule has 1 fully saturated rings. The van der Waals surface area contributed by atoms with Gasteiger partial charge in [-0.3, -0.25) is 4.90 Å². The first-order valence-corrected chi connectivity index (χ1v) is 9.99. The standard InChI is InChI=1S/C23H25N5O3/c1-5-28-7-6-15-16(10-24)22(27)23(12-25,13-26)20(17(15)11-28)14-8-18(29-2)21(31-4)19(9-14)30-3/h6,8-9,16-17,20,27H,5,7,11H2,1-4H3/t16?,17-,20+/m1/s1. The van der Waals surface area contributed by atoms with Gasteiger partial charge in [0.15, 0.2) is 16.9 Å². The van der Waals surface area contributed by atoms with Crippen LogP contribution in [0.5, 0.6) is 17.2 Å². The maximum absolute atomic E-state index is 10.2. The van der Waals surface area contributed by atoms with Crippen molar-refractivity contribution < 1.29 is 14.2 Å². The fraction of sp³-hybridized carbons (Fsp3) is 0.478. The summed E-state index contributed by atoms with van der Waals surface area (Å²) in [5.74, 6) is -0.623. The van der Waals surface area contributed by atoms with Crippen molar-refractivity contribution in [1.82, 2.24) is 4.90 Å². The third-order valence-electron chi connectivity index (χ3n) is 6.36. The van der Waals surface area contributed by atoms with Crippen molar-refractivity contribution in [1.29, 1.82) is 21.2 Å². The van der Waals surface area contributed by atoms with Crippen molar-refractivity contribution in [2.75, 3.05) is 41.0 Å². The van der Waals surface area contributed by atoms with E-state index in [1.165, 1.54) is 21.3 Å². The molecule has 1 saturated carbocycles. The Labute approximate surface area is 182 Å². The molecule has 1 aromatic carbocycles. The predicted octanol–water partition coefficient (Wildman–Crippen LogP) is 2.88. The summed E-state index contributed by atoms with van der Waals surface area (Å²) in [4.78, 5) is 2.20. The first-order valence-electron chi connectivity index (χ1n) is 9.99. The molecule has 0 spiro atoms. The van der Waals surface area contributed by atoms with E-state index in [-0.39, 0.29) is 11.6 Å². The van der Waals surface area contributed by atoms with Gasteiger partial charge in [0, 0.05) is 24.9 Å². The highest BCUT2D eigenvalue weighted by Crippen LogP contribution is 2.55. The number of nitrogens with zero attached hydrogens (tertiary/aromatic N) is 4. The van der Waals surface area contributed by atoms with Crippen LogP contribution in [0, 0.1) is 56.7 Å². The highest BCUT2D eigenvalue weighted by molar-refractivity contribution is 6.00. The van der Waals surface area contributed by atoms with Crippen molar-refractivity contribution in [3.63, 3.8) is 0 Å². The van der Waals surface area contributed by atoms with Crippen LogP contribution in [0.3, 0.4) is 0 Å². The molecule has 1 aromatic rings. The van der Waals surface area contributed by atoms with Crippen molar-refractivity contribution in [2.45, 2.75) is 12.8 Å². The zero-order chi connectivity index (χ0) is 22.8. The Bertz CT molecular complexity index is 1000. The van der Waals surface area contributed by atoms with Crippen LogP contribution in [0.15, 0.2) is 23.8 Å². The number of nitriles is 3. The van der Waals surface area contributed by atoms with E-state index < -0.39 is 17.3 Å². The number of rotatable bonds is 5. The SMILES string of the molecule is CCN1CC=C2C(C#N)C(=N)C(C#N)(C#N)[C@@H](c3cc(OC)c(OC)c(OC)c3)[C@@H]2C1. The Morgan fingerprint density at radius 3 is 2.16 bits per heavy atom. The monoisotopic (exact) mass is 419 g/mol. The molecule has 1 aliphatic carbocycles. The van der Waals surface area contributed by atoms with Gasteiger partial charge in [0.05, 0.1) is 45.2 Å². The fourth-order valence-electron chi connectivity index (χ4n) is 4.78. The number of likely N-dealkylation sites (N-methyl/N-ethyl adjacent to an activating group) is 1. The summed E-state index contributed by atoms with van der Waals surface area (Å²) in [6.07, 6.45) is 1.98. The molecular formula is C23H25N5O3. The molecule has 8 heteroatoms. The smallest absolute Gasteiger partial charge is 0.203 e. The van der Waals surface area contributed by atoms with Gasteiger partial charge >= 0.3 is 0 Å². The zero-order valence-corrected chi connectivity index (χ0v) is 18.1. The van der Waals surface area contributed by atoms with Crippen LogP contribution >= 0.6 is 0 Å². The number of hydrogen-bond donors (Lipinski definition) is 1. The van der Waals surface area contributed by atoms with Crippen molar-refractivity contribution in [3.05, 3.63) is 29.3 Å². The maximum atomic E-state index is 10.2. The number of fused-ring (bicyclic) bond motifs is 1. The minimum Gasteiger partial charge on any atom is -0.493 e. The summed E-state index contributed by atoms with van der Waals surface area (Å²) in [5.41, 5.74) is -0.528. The van der Waals surface area contributed by atoms with E-state index in [1.54, 1.807) is 12.1 Å². The van der Waals surface area contributed by atoms with Crippen molar-refractivity contribution >= 4 is 5.71 Å². The van der Waals surface area contributed by atoms with Gasteiger partial charge in [-0.05, 0) is 29.8 Å². The molecule has 1 aliphatic heterocycles. The molecule has 1 heterocycles. The van der Waals surface area contributed by atoms with Gasteiger partial charge in [-0.25, -0.2) is 0 Å². The molecule has 0 bridgehead atoms. The van der Waals surface area contributed by atoms with Crippen molar-refractivity contribution in [3.8, 4) is 35.5 Å². The summed E-state index contributed by atoms with van der Waals surface area (Å²) >= 11 is 0. The number of hydrogen-bond acceptors (Lipinski definition) is 8. The van der Waals surface area contributed by atoms with E-state index in [4.69, 9.17) is 19.6 Å². The molecule has 3 rings (SSSR count). The van der Waals surface area contributed by atoms with Crippen LogP contribution in [0.1, 0.15) is 18.4 Å². The van der Waals surface area contributed by atoms with Crippen LogP contribution in [0.2, 0.25) is 0 Å². The lowest BCUT2D eigenvalue weighted by Gasteiger charge is -2.47. The molecule has 0 amide bonds. The van der Waals surface area contributed by atoms with E-state index in [2.05, 4.69) is 23.1 Å². The lowest BCUT2D eigenvalue weighted by molar-refractivity contribution is 0.211. The van der Waals surface area contributed by atoms with Gasteiger partial charge in [-0.1, -0.05) is 13.0 Å². The van der Waals surface area contributed by atoms with Crippen LogP contribution in [-0.4, -0.2) is 51.6 Å². The van der Waals surface area contributed by atoms with Crippen LogP contribution < -0.4 is 14.2 Å². The Kier molecular flexibility index (Phi) is 6.20. The average molecular weight is 419 g/mol. The van der Waals surface area contributed by atoms with Crippen molar-refractivity contribution in [2.24, 2.45) is 17.3 Å². The number of nitrogens with one attached hydrogen (secondary N) is 1. The van der Waals surface area contributed by atoms with E-state index >= 15 is 0 Å². The van der Waals surface area contributed by atoms with E-state index in [0.29, 0.717) is 35.9 Å². The van der Waals surface area contributed by atoms with Gasteiger partial charge < -0.3 is 19.6 Å². The molecule has 0 aromatic heterocycles. The third kappa shape index (κ3) is 3.28.